The van der Waals surface area contributed by atoms with Crippen LogP contribution in [0, 0.1) is 14.9 Å². The molecule has 0 aliphatic carbocycles. The lowest BCUT2D eigenvalue weighted by atomic mass is 10.2. The molecule has 0 fully saturated rings. The van der Waals surface area contributed by atoms with E-state index >= 15 is 0 Å². The zero-order chi connectivity index (χ0) is 12.7. The number of nitrogens with two attached hydrogens (primary N) is 1. The Bertz CT molecular complexity index is 392. The van der Waals surface area contributed by atoms with Crippen LogP contribution in [0.4, 0.5) is 5.69 Å². The molecule has 17 heavy (non-hydrogen) atoms. The van der Waals surface area contributed by atoms with Crippen molar-refractivity contribution >= 4 is 28.3 Å². The minimum absolute atomic E-state index is 0.504. The molecule has 0 saturated carbocycles. The number of hydrogen-bond acceptors (Lipinski definition) is 4. The fourth-order valence-corrected chi connectivity index (χ4v) is 2.11. The number of benzene rings is 1. The van der Waals surface area contributed by atoms with Gasteiger partial charge in [-0.2, -0.15) is 5.26 Å². The molecule has 0 radical (unpaired) electrons. The number of hydrogen-bond donors (Lipinski definition) is 1. The number of anilines is 1. The molecular formula is C12H15IN2O2. The minimum atomic E-state index is 0.504. The predicted octanol–water partition coefficient (Wildman–Crippen LogP) is 2.55. The van der Waals surface area contributed by atoms with Gasteiger partial charge in [0, 0.05) is 19.6 Å². The van der Waals surface area contributed by atoms with Crippen molar-refractivity contribution in [2.75, 3.05) is 25.6 Å². The highest BCUT2D eigenvalue weighted by Gasteiger charge is 2.08. The second-order valence-electron chi connectivity index (χ2n) is 3.39. The van der Waals surface area contributed by atoms with Crippen LogP contribution in [0.3, 0.4) is 0 Å². The van der Waals surface area contributed by atoms with E-state index in [-0.39, 0.29) is 0 Å². The topological polar surface area (TPSA) is 68.3 Å². The van der Waals surface area contributed by atoms with Crippen LogP contribution in [0.25, 0.3) is 0 Å². The molecular weight excluding hydrogens is 331 g/mol. The van der Waals surface area contributed by atoms with Crippen molar-refractivity contribution in [1.29, 1.82) is 5.26 Å². The lowest BCUT2D eigenvalue weighted by Crippen LogP contribution is -2.05. The van der Waals surface area contributed by atoms with Gasteiger partial charge in [-0.1, -0.05) is 0 Å². The van der Waals surface area contributed by atoms with Crippen LogP contribution in [0.5, 0.6) is 5.75 Å². The quantitative estimate of drug-likeness (QED) is 0.488. The number of nitriles is 1. The highest BCUT2D eigenvalue weighted by atomic mass is 127. The van der Waals surface area contributed by atoms with E-state index in [4.69, 9.17) is 20.5 Å². The van der Waals surface area contributed by atoms with E-state index in [0.29, 0.717) is 30.2 Å². The summed E-state index contributed by atoms with van der Waals surface area (Å²) in [5, 5.41) is 8.78. The first-order valence-corrected chi connectivity index (χ1v) is 6.46. The Labute approximate surface area is 115 Å². The Hall–Kier alpha value is -1.00. The maximum atomic E-state index is 8.78. The van der Waals surface area contributed by atoms with Crippen LogP contribution in [-0.4, -0.2) is 19.8 Å². The summed E-state index contributed by atoms with van der Waals surface area (Å²) in [5.41, 5.74) is 6.88. The molecule has 4 nitrogen and oxygen atoms in total. The van der Waals surface area contributed by atoms with Gasteiger partial charge >= 0.3 is 0 Å². The summed E-state index contributed by atoms with van der Waals surface area (Å²) in [7, 11) is 0. The van der Waals surface area contributed by atoms with E-state index in [1.54, 1.807) is 12.1 Å². The molecule has 1 rings (SSSR count). The third kappa shape index (κ3) is 4.40. The number of nitrogens with zero attached hydrogens (tertiary/aromatic N) is 1. The lowest BCUT2D eigenvalue weighted by Gasteiger charge is -2.11. The fourth-order valence-electron chi connectivity index (χ4n) is 1.31. The van der Waals surface area contributed by atoms with Crippen molar-refractivity contribution in [1.82, 2.24) is 0 Å². The second kappa shape index (κ2) is 7.35. The van der Waals surface area contributed by atoms with Crippen molar-refractivity contribution in [2.45, 2.75) is 13.3 Å². The molecule has 0 bridgehead atoms. The first kappa shape index (κ1) is 14.1. The zero-order valence-electron chi connectivity index (χ0n) is 9.70. The van der Waals surface area contributed by atoms with E-state index in [1.165, 1.54) is 0 Å². The molecule has 0 aliphatic rings. The summed E-state index contributed by atoms with van der Waals surface area (Å²) in [6.07, 6.45) is 0.823. The summed E-state index contributed by atoms with van der Waals surface area (Å²) < 4.78 is 11.7. The van der Waals surface area contributed by atoms with E-state index in [0.717, 1.165) is 16.6 Å². The van der Waals surface area contributed by atoms with Crippen LogP contribution in [0.2, 0.25) is 0 Å². The fraction of sp³-hybridized carbons (Fsp3) is 0.417. The molecule has 2 N–H and O–H groups in total. The lowest BCUT2D eigenvalue weighted by molar-refractivity contribution is 0.131. The van der Waals surface area contributed by atoms with Crippen molar-refractivity contribution < 1.29 is 9.47 Å². The van der Waals surface area contributed by atoms with Crippen LogP contribution < -0.4 is 10.5 Å². The van der Waals surface area contributed by atoms with E-state index < -0.39 is 0 Å². The van der Waals surface area contributed by atoms with Gasteiger partial charge in [-0.3, -0.25) is 0 Å². The Kier molecular flexibility index (Phi) is 6.08. The normalized spacial score (nSPS) is 9.94. The number of nitrogen functional groups attached to an aromatic ring is 1. The van der Waals surface area contributed by atoms with Crippen molar-refractivity contribution in [3.63, 3.8) is 0 Å². The minimum Gasteiger partial charge on any atom is -0.490 e. The first-order chi connectivity index (χ1) is 8.19. The monoisotopic (exact) mass is 346 g/mol. The molecule has 0 spiro atoms. The standard InChI is InChI=1S/C12H15IN2O2/c1-2-16-4-3-5-17-12-10(13)6-9(8-14)7-11(12)15/h6-7H,2-5,15H2,1H3. The molecule has 92 valence electrons. The Morgan fingerprint density at radius 2 is 2.18 bits per heavy atom. The predicted molar refractivity (Wildman–Crippen MR) is 74.9 cm³/mol. The molecule has 0 unspecified atom stereocenters. The summed E-state index contributed by atoms with van der Waals surface area (Å²) in [5.74, 6) is 0.654. The average molecular weight is 346 g/mol. The van der Waals surface area contributed by atoms with Gasteiger partial charge in [-0.15, -0.1) is 0 Å². The second-order valence-corrected chi connectivity index (χ2v) is 4.55. The van der Waals surface area contributed by atoms with Gasteiger partial charge in [0.2, 0.25) is 0 Å². The van der Waals surface area contributed by atoms with E-state index in [1.807, 2.05) is 6.92 Å². The molecule has 0 saturated heterocycles. The summed E-state index contributed by atoms with van der Waals surface area (Å²) >= 11 is 2.12. The average Bonchev–Trinajstić information content (AvgIpc) is 2.31. The maximum absolute atomic E-state index is 8.78. The van der Waals surface area contributed by atoms with Gasteiger partial charge in [0.15, 0.2) is 5.75 Å². The maximum Gasteiger partial charge on any atom is 0.155 e. The smallest absolute Gasteiger partial charge is 0.155 e. The highest BCUT2D eigenvalue weighted by molar-refractivity contribution is 14.1. The number of halogens is 1. The Balaban J connectivity index is 2.57. The molecule has 0 heterocycles. The number of ether oxygens (including phenoxy) is 2. The molecule has 0 amide bonds. The first-order valence-electron chi connectivity index (χ1n) is 5.38. The van der Waals surface area contributed by atoms with Crippen LogP contribution >= 0.6 is 22.6 Å². The molecule has 1 aromatic rings. The van der Waals surface area contributed by atoms with E-state index in [9.17, 15) is 0 Å². The Morgan fingerprint density at radius 1 is 1.41 bits per heavy atom. The highest BCUT2D eigenvalue weighted by Crippen LogP contribution is 2.29. The summed E-state index contributed by atoms with van der Waals surface area (Å²) in [6, 6.07) is 5.44. The van der Waals surface area contributed by atoms with Gasteiger partial charge in [-0.05, 0) is 41.6 Å². The van der Waals surface area contributed by atoms with Crippen LogP contribution in [-0.2, 0) is 4.74 Å². The van der Waals surface area contributed by atoms with Gasteiger partial charge in [0.1, 0.15) is 0 Å². The SMILES string of the molecule is CCOCCCOc1c(N)cc(C#N)cc1I. The van der Waals surface area contributed by atoms with Crippen molar-refractivity contribution in [3.8, 4) is 11.8 Å². The van der Waals surface area contributed by atoms with Gasteiger partial charge in [0.05, 0.1) is 27.5 Å². The summed E-state index contributed by atoms with van der Waals surface area (Å²) in [4.78, 5) is 0. The van der Waals surface area contributed by atoms with Gasteiger partial charge in [-0.25, -0.2) is 0 Å². The third-order valence-corrected chi connectivity index (χ3v) is 2.89. The van der Waals surface area contributed by atoms with Gasteiger partial charge < -0.3 is 15.2 Å². The molecule has 0 atom stereocenters. The van der Waals surface area contributed by atoms with Gasteiger partial charge in [0.25, 0.3) is 0 Å². The number of rotatable bonds is 6. The summed E-state index contributed by atoms with van der Waals surface area (Å²) in [6.45, 7) is 3.92. The van der Waals surface area contributed by atoms with Crippen molar-refractivity contribution in [2.24, 2.45) is 0 Å². The molecule has 1 aromatic carbocycles. The van der Waals surface area contributed by atoms with Crippen LogP contribution in [0.1, 0.15) is 18.9 Å². The van der Waals surface area contributed by atoms with Crippen molar-refractivity contribution in [3.05, 3.63) is 21.3 Å². The largest absolute Gasteiger partial charge is 0.490 e. The third-order valence-electron chi connectivity index (χ3n) is 2.08. The van der Waals surface area contributed by atoms with E-state index in [2.05, 4.69) is 28.7 Å². The zero-order valence-corrected chi connectivity index (χ0v) is 11.9. The molecule has 0 aliphatic heterocycles. The molecule has 0 aromatic heterocycles. The Morgan fingerprint density at radius 3 is 2.76 bits per heavy atom. The molecule has 5 heteroatoms. The van der Waals surface area contributed by atoms with Crippen LogP contribution in [0.15, 0.2) is 12.1 Å².